The molecule has 0 aromatic heterocycles. The molecule has 152 valence electrons. The van der Waals surface area contributed by atoms with Crippen molar-refractivity contribution in [2.24, 2.45) is 10.3 Å². The van der Waals surface area contributed by atoms with E-state index in [1.165, 1.54) is 0 Å². The third kappa shape index (κ3) is 3.79. The van der Waals surface area contributed by atoms with Crippen molar-refractivity contribution in [3.05, 3.63) is 65.2 Å². The summed E-state index contributed by atoms with van der Waals surface area (Å²) in [5, 5.41) is 3.13. The van der Waals surface area contributed by atoms with E-state index in [1.807, 2.05) is 49.1 Å². The van der Waals surface area contributed by atoms with Crippen LogP contribution in [0, 0.1) is 12.8 Å². The molecule has 2 atom stereocenters. The van der Waals surface area contributed by atoms with Gasteiger partial charge < -0.3 is 10.2 Å². The molecule has 4 rings (SSSR count). The van der Waals surface area contributed by atoms with Gasteiger partial charge in [-0.1, -0.05) is 36.4 Å². The van der Waals surface area contributed by atoms with Crippen molar-refractivity contribution >= 4 is 21.8 Å². The molecule has 0 radical (unpaired) electrons. The van der Waals surface area contributed by atoms with E-state index in [4.69, 9.17) is 0 Å². The van der Waals surface area contributed by atoms with Crippen LogP contribution in [0.1, 0.15) is 42.5 Å². The first-order valence-corrected chi connectivity index (χ1v) is 11.4. The average Bonchev–Trinajstić information content (AvgIpc) is 3.00. The summed E-state index contributed by atoms with van der Waals surface area (Å²) >= 11 is 0. The lowest BCUT2D eigenvalue weighted by atomic mass is 9.95. The van der Waals surface area contributed by atoms with Crippen LogP contribution in [-0.2, 0) is 14.8 Å². The van der Waals surface area contributed by atoms with Crippen LogP contribution in [0.2, 0.25) is 0 Å². The van der Waals surface area contributed by atoms with E-state index in [0.717, 1.165) is 24.0 Å². The Balaban J connectivity index is 1.49. The molecular weight excluding hydrogens is 386 g/mol. The average molecular weight is 412 g/mol. The molecule has 0 spiro atoms. The van der Waals surface area contributed by atoms with Crippen LogP contribution in [0.5, 0.6) is 0 Å². The van der Waals surface area contributed by atoms with Crippen molar-refractivity contribution in [3.63, 3.8) is 0 Å². The summed E-state index contributed by atoms with van der Waals surface area (Å²) in [4.78, 5) is 15.1. The number of piperidine rings is 1. The molecule has 2 aliphatic heterocycles. The Labute approximate surface area is 171 Å². The van der Waals surface area contributed by atoms with Crippen molar-refractivity contribution < 1.29 is 13.2 Å². The monoisotopic (exact) mass is 411 g/mol. The van der Waals surface area contributed by atoms with Gasteiger partial charge in [-0.05, 0) is 49.9 Å². The van der Waals surface area contributed by atoms with E-state index in [2.05, 4.69) is 9.71 Å². The molecule has 0 aliphatic carbocycles. The molecule has 2 aromatic carbocycles. The maximum absolute atomic E-state index is 12.9. The molecule has 1 amide bonds. The number of fused-ring (bicyclic) bond motifs is 1. The third-order valence-corrected chi connectivity index (χ3v) is 7.04. The van der Waals surface area contributed by atoms with Crippen molar-refractivity contribution in [3.8, 4) is 0 Å². The Morgan fingerprint density at radius 2 is 1.90 bits per heavy atom. The van der Waals surface area contributed by atoms with Gasteiger partial charge in [0.1, 0.15) is 4.90 Å². The molecule has 1 saturated heterocycles. The van der Waals surface area contributed by atoms with Gasteiger partial charge in [0, 0.05) is 18.7 Å². The lowest BCUT2D eigenvalue weighted by Crippen LogP contribution is -2.45. The second-order valence-electron chi connectivity index (χ2n) is 7.76. The zero-order valence-corrected chi connectivity index (χ0v) is 17.4. The highest BCUT2D eigenvalue weighted by Crippen LogP contribution is 2.30. The van der Waals surface area contributed by atoms with E-state index < -0.39 is 10.0 Å². The first kappa shape index (κ1) is 19.6. The van der Waals surface area contributed by atoms with Gasteiger partial charge in [0.2, 0.25) is 5.91 Å². The number of hydrogen-bond acceptors (Lipinski definition) is 4. The minimum atomic E-state index is -3.66. The number of amides is 1. The Kier molecular flexibility index (Phi) is 5.17. The Bertz CT molecular complexity index is 1080. The highest BCUT2D eigenvalue weighted by molar-refractivity contribution is 7.90. The summed E-state index contributed by atoms with van der Waals surface area (Å²) in [6.07, 6.45) is 1.60. The number of hydrogen-bond donors (Lipinski definition) is 1. The van der Waals surface area contributed by atoms with E-state index in [0.29, 0.717) is 24.5 Å². The number of carbonyl (C=O) groups excluding carboxylic acids is 1. The number of sulfonamides is 1. The van der Waals surface area contributed by atoms with Crippen LogP contribution in [0.3, 0.4) is 0 Å². The van der Waals surface area contributed by atoms with Crippen molar-refractivity contribution in [2.45, 2.75) is 37.6 Å². The fourth-order valence-electron chi connectivity index (χ4n) is 4.18. The number of aryl methyl sites for hydroxylation is 1. The maximum Gasteiger partial charge on any atom is 0.285 e. The lowest BCUT2D eigenvalue weighted by Gasteiger charge is -2.34. The largest absolute Gasteiger partial charge is 0.355 e. The second-order valence-corrected chi connectivity index (χ2v) is 9.33. The molecule has 2 aromatic rings. The number of amidine groups is 1. The molecule has 0 bridgehead atoms. The highest BCUT2D eigenvalue weighted by atomic mass is 32.2. The number of benzene rings is 2. The predicted octanol–water partition coefficient (Wildman–Crippen LogP) is 3.03. The summed E-state index contributed by atoms with van der Waals surface area (Å²) in [6.45, 7) is 5.19. The molecule has 6 nitrogen and oxygen atoms in total. The van der Waals surface area contributed by atoms with E-state index >= 15 is 0 Å². The molecular formula is C22H25N3O3S. The zero-order valence-electron chi connectivity index (χ0n) is 16.6. The molecule has 1 fully saturated rings. The lowest BCUT2D eigenvalue weighted by molar-refractivity contribution is -0.126. The van der Waals surface area contributed by atoms with Crippen LogP contribution in [0.25, 0.3) is 0 Å². The molecule has 2 heterocycles. The Morgan fingerprint density at radius 3 is 2.69 bits per heavy atom. The predicted molar refractivity (Wildman–Crippen MR) is 112 cm³/mol. The van der Waals surface area contributed by atoms with Crippen LogP contribution in [0.15, 0.2) is 57.8 Å². The molecule has 0 unspecified atom stereocenters. The van der Waals surface area contributed by atoms with Gasteiger partial charge in [-0.2, -0.15) is 8.42 Å². The number of nitrogens with zero attached hydrogens (tertiary/aromatic N) is 2. The Morgan fingerprint density at radius 1 is 1.17 bits per heavy atom. The molecule has 29 heavy (non-hydrogen) atoms. The summed E-state index contributed by atoms with van der Waals surface area (Å²) in [5.41, 5.74) is 2.88. The summed E-state index contributed by atoms with van der Waals surface area (Å²) in [7, 11) is -3.66. The minimum Gasteiger partial charge on any atom is -0.355 e. The SMILES string of the molecule is Cc1ccccc1[C@@H](C)NC(=O)[C@@H]1CCCN(C2=NS(=O)(=O)c3ccccc32)C1. The molecule has 0 saturated carbocycles. The van der Waals surface area contributed by atoms with Gasteiger partial charge in [0.25, 0.3) is 10.0 Å². The minimum absolute atomic E-state index is 0.000178. The van der Waals surface area contributed by atoms with Gasteiger partial charge in [-0.25, -0.2) is 0 Å². The first-order chi connectivity index (χ1) is 13.9. The maximum atomic E-state index is 12.9. The van der Waals surface area contributed by atoms with Crippen LogP contribution in [0.4, 0.5) is 0 Å². The standard InChI is InChI=1S/C22H25N3O3S/c1-15-8-3-4-10-18(15)16(2)23-22(26)17-9-7-13-25(14-17)21-19-11-5-6-12-20(19)29(27,28)24-21/h3-6,8,10-12,16-17H,7,9,13-14H2,1-2H3,(H,23,26)/t16-,17-/m1/s1. The number of rotatable bonds is 3. The number of nitrogens with one attached hydrogen (secondary N) is 1. The van der Waals surface area contributed by atoms with Crippen LogP contribution >= 0.6 is 0 Å². The normalized spacial score (nSPS) is 21.2. The molecule has 2 aliphatic rings. The fourth-order valence-corrected chi connectivity index (χ4v) is 5.41. The fraction of sp³-hybridized carbons (Fsp3) is 0.364. The summed E-state index contributed by atoms with van der Waals surface area (Å²) in [5.74, 6) is 0.263. The van der Waals surface area contributed by atoms with Crippen molar-refractivity contribution in [1.82, 2.24) is 10.2 Å². The van der Waals surface area contributed by atoms with E-state index in [1.54, 1.807) is 18.2 Å². The van der Waals surface area contributed by atoms with E-state index in [-0.39, 0.29) is 22.8 Å². The molecule has 1 N–H and O–H groups in total. The van der Waals surface area contributed by atoms with Gasteiger partial charge >= 0.3 is 0 Å². The topological polar surface area (TPSA) is 78.8 Å². The van der Waals surface area contributed by atoms with Gasteiger partial charge in [-0.3, -0.25) is 4.79 Å². The number of likely N-dealkylation sites (tertiary alicyclic amines) is 1. The smallest absolute Gasteiger partial charge is 0.285 e. The first-order valence-electron chi connectivity index (χ1n) is 9.92. The highest BCUT2D eigenvalue weighted by Gasteiger charge is 2.35. The van der Waals surface area contributed by atoms with Crippen molar-refractivity contribution in [1.29, 1.82) is 0 Å². The van der Waals surface area contributed by atoms with E-state index in [9.17, 15) is 13.2 Å². The van der Waals surface area contributed by atoms with Gasteiger partial charge in [-0.15, -0.1) is 4.40 Å². The summed E-state index contributed by atoms with van der Waals surface area (Å²) < 4.78 is 28.7. The van der Waals surface area contributed by atoms with Crippen LogP contribution in [-0.4, -0.2) is 38.2 Å². The van der Waals surface area contributed by atoms with Gasteiger partial charge in [0.15, 0.2) is 5.84 Å². The molecule has 7 heteroatoms. The van der Waals surface area contributed by atoms with Gasteiger partial charge in [0.05, 0.1) is 12.0 Å². The third-order valence-electron chi connectivity index (χ3n) is 5.72. The summed E-state index contributed by atoms with van der Waals surface area (Å²) in [6, 6.07) is 14.8. The zero-order chi connectivity index (χ0) is 20.6. The number of carbonyl (C=O) groups is 1. The quantitative estimate of drug-likeness (QED) is 0.842. The van der Waals surface area contributed by atoms with Crippen molar-refractivity contribution in [2.75, 3.05) is 13.1 Å². The van der Waals surface area contributed by atoms with Crippen LogP contribution < -0.4 is 5.32 Å². The second kappa shape index (κ2) is 7.63. The Hall–Kier alpha value is -2.67.